The second kappa shape index (κ2) is 8.21. The number of hydrogen-bond donors (Lipinski definition) is 2. The Bertz CT molecular complexity index is 1100. The van der Waals surface area contributed by atoms with Crippen LogP contribution in [0.3, 0.4) is 0 Å². The first-order valence-electron chi connectivity index (χ1n) is 8.47. The summed E-state index contributed by atoms with van der Waals surface area (Å²) < 4.78 is 0. The van der Waals surface area contributed by atoms with E-state index in [9.17, 15) is 4.79 Å². The van der Waals surface area contributed by atoms with Crippen LogP contribution in [0.1, 0.15) is 0 Å². The molecule has 0 spiro atoms. The molecule has 0 aliphatic heterocycles. The minimum absolute atomic E-state index is 0.325. The first-order chi connectivity index (χ1) is 13.7. The van der Waals surface area contributed by atoms with E-state index in [2.05, 4.69) is 20.6 Å². The molecule has 138 valence electrons. The number of amides is 2. The second-order valence-corrected chi connectivity index (χ2v) is 7.24. The Labute approximate surface area is 171 Å². The predicted octanol–water partition coefficient (Wildman–Crippen LogP) is 6.17. The van der Waals surface area contributed by atoms with E-state index >= 15 is 0 Å². The van der Waals surface area contributed by atoms with E-state index in [1.165, 1.54) is 0 Å². The van der Waals surface area contributed by atoms with Gasteiger partial charge in [0.2, 0.25) is 0 Å². The van der Waals surface area contributed by atoms with Crippen molar-refractivity contribution >= 4 is 40.3 Å². The van der Waals surface area contributed by atoms with Crippen molar-refractivity contribution < 1.29 is 4.79 Å². The number of pyridine rings is 1. The third kappa shape index (κ3) is 4.36. The minimum Gasteiger partial charge on any atom is -0.308 e. The highest BCUT2D eigenvalue weighted by Crippen LogP contribution is 2.29. The van der Waals surface area contributed by atoms with Crippen LogP contribution in [0.2, 0.25) is 5.02 Å². The Hall–Kier alpha value is -3.22. The van der Waals surface area contributed by atoms with Crippen LogP contribution in [0.5, 0.6) is 0 Å². The molecule has 5 nitrogen and oxygen atoms in total. The zero-order chi connectivity index (χ0) is 19.3. The summed E-state index contributed by atoms with van der Waals surface area (Å²) in [6.45, 7) is 0. The van der Waals surface area contributed by atoms with Gasteiger partial charge < -0.3 is 10.6 Å². The standard InChI is InChI=1S/C21H15ClN4OS/c22-16-6-8-17(9-7-16)24-21(27)25-18-5-1-3-14(11-18)19-13-28-20(26-19)15-4-2-10-23-12-15/h1-13H,(H2,24,25,27). The summed E-state index contributed by atoms with van der Waals surface area (Å²) in [5, 5.41) is 9.13. The second-order valence-electron chi connectivity index (χ2n) is 5.95. The monoisotopic (exact) mass is 406 g/mol. The summed E-state index contributed by atoms with van der Waals surface area (Å²) in [6, 6.07) is 18.0. The molecule has 2 aromatic heterocycles. The largest absolute Gasteiger partial charge is 0.323 e. The van der Waals surface area contributed by atoms with E-state index in [1.54, 1.807) is 48.0 Å². The summed E-state index contributed by atoms with van der Waals surface area (Å²) in [6.07, 6.45) is 3.53. The molecule has 2 aromatic carbocycles. The summed E-state index contributed by atoms with van der Waals surface area (Å²) in [5.41, 5.74) is 4.11. The molecule has 0 radical (unpaired) electrons. The Kier molecular flexibility index (Phi) is 5.32. The number of carbonyl (C=O) groups is 1. The molecule has 4 aromatic rings. The molecule has 0 saturated heterocycles. The first-order valence-corrected chi connectivity index (χ1v) is 9.73. The molecular weight excluding hydrogens is 392 g/mol. The summed E-state index contributed by atoms with van der Waals surface area (Å²) in [7, 11) is 0. The van der Waals surface area contributed by atoms with Gasteiger partial charge in [0.25, 0.3) is 0 Å². The SMILES string of the molecule is O=C(Nc1ccc(Cl)cc1)Nc1cccc(-c2csc(-c3cccnc3)n2)c1. The maximum Gasteiger partial charge on any atom is 0.323 e. The van der Waals surface area contributed by atoms with Crippen LogP contribution in [0.15, 0.2) is 78.4 Å². The molecule has 2 heterocycles. The van der Waals surface area contributed by atoms with E-state index in [4.69, 9.17) is 11.6 Å². The predicted molar refractivity (Wildman–Crippen MR) is 115 cm³/mol. The molecule has 0 saturated carbocycles. The van der Waals surface area contributed by atoms with Gasteiger partial charge >= 0.3 is 6.03 Å². The van der Waals surface area contributed by atoms with Crippen molar-refractivity contribution in [3.8, 4) is 21.8 Å². The van der Waals surface area contributed by atoms with E-state index in [0.29, 0.717) is 16.4 Å². The molecule has 0 aliphatic carbocycles. The van der Waals surface area contributed by atoms with Crippen molar-refractivity contribution in [2.24, 2.45) is 0 Å². The zero-order valence-electron chi connectivity index (χ0n) is 14.6. The number of urea groups is 1. The zero-order valence-corrected chi connectivity index (χ0v) is 16.2. The summed E-state index contributed by atoms with van der Waals surface area (Å²) in [4.78, 5) is 21.0. The van der Waals surface area contributed by atoms with Gasteiger partial charge in [0.05, 0.1) is 5.69 Å². The van der Waals surface area contributed by atoms with Crippen LogP contribution in [0.4, 0.5) is 16.2 Å². The van der Waals surface area contributed by atoms with Gasteiger partial charge in [0.15, 0.2) is 0 Å². The maximum absolute atomic E-state index is 12.2. The molecule has 0 atom stereocenters. The van der Waals surface area contributed by atoms with E-state index in [0.717, 1.165) is 21.8 Å². The number of rotatable bonds is 4. The van der Waals surface area contributed by atoms with Crippen LogP contribution in [-0.2, 0) is 0 Å². The van der Waals surface area contributed by atoms with Crippen molar-refractivity contribution in [3.63, 3.8) is 0 Å². The van der Waals surface area contributed by atoms with Gasteiger partial charge in [-0.05, 0) is 48.5 Å². The molecule has 0 fully saturated rings. The lowest BCUT2D eigenvalue weighted by Crippen LogP contribution is -2.19. The Morgan fingerprint density at radius 3 is 2.50 bits per heavy atom. The number of thiazole rings is 1. The van der Waals surface area contributed by atoms with Crippen molar-refractivity contribution in [1.82, 2.24) is 9.97 Å². The molecular formula is C21H15ClN4OS. The van der Waals surface area contributed by atoms with E-state index in [-0.39, 0.29) is 6.03 Å². The molecule has 0 bridgehead atoms. The average molecular weight is 407 g/mol. The summed E-state index contributed by atoms with van der Waals surface area (Å²) in [5.74, 6) is 0. The van der Waals surface area contributed by atoms with E-state index < -0.39 is 0 Å². The number of carbonyl (C=O) groups excluding carboxylic acids is 1. The molecule has 4 rings (SSSR count). The quantitative estimate of drug-likeness (QED) is 0.426. The Morgan fingerprint density at radius 1 is 0.929 bits per heavy atom. The highest BCUT2D eigenvalue weighted by Gasteiger charge is 2.09. The van der Waals surface area contributed by atoms with Crippen LogP contribution < -0.4 is 10.6 Å². The minimum atomic E-state index is -0.325. The summed E-state index contributed by atoms with van der Waals surface area (Å²) >= 11 is 7.42. The number of halogens is 1. The van der Waals surface area contributed by atoms with Gasteiger partial charge in [-0.3, -0.25) is 4.98 Å². The lowest BCUT2D eigenvalue weighted by atomic mass is 10.1. The number of nitrogens with one attached hydrogen (secondary N) is 2. The van der Waals surface area contributed by atoms with Gasteiger partial charge in [0.1, 0.15) is 5.01 Å². The van der Waals surface area contributed by atoms with Gasteiger partial charge in [-0.25, -0.2) is 9.78 Å². The topological polar surface area (TPSA) is 66.9 Å². The molecule has 2 N–H and O–H groups in total. The van der Waals surface area contributed by atoms with Gasteiger partial charge in [-0.15, -0.1) is 11.3 Å². The van der Waals surface area contributed by atoms with Crippen molar-refractivity contribution in [2.75, 3.05) is 10.6 Å². The average Bonchev–Trinajstić information content (AvgIpc) is 3.21. The Morgan fingerprint density at radius 2 is 1.71 bits per heavy atom. The van der Waals surface area contributed by atoms with E-state index in [1.807, 2.05) is 41.8 Å². The molecule has 0 aliphatic rings. The van der Waals surface area contributed by atoms with Crippen LogP contribution >= 0.6 is 22.9 Å². The number of nitrogens with zero attached hydrogens (tertiary/aromatic N) is 2. The van der Waals surface area contributed by atoms with Crippen LogP contribution in [-0.4, -0.2) is 16.0 Å². The first kappa shape index (κ1) is 18.2. The Balaban J connectivity index is 1.48. The number of benzene rings is 2. The molecule has 7 heteroatoms. The number of anilines is 2. The van der Waals surface area contributed by atoms with Crippen molar-refractivity contribution in [1.29, 1.82) is 0 Å². The van der Waals surface area contributed by atoms with Crippen molar-refractivity contribution in [3.05, 3.63) is 83.5 Å². The lowest BCUT2D eigenvalue weighted by Gasteiger charge is -2.08. The molecule has 2 amide bonds. The number of hydrogen-bond acceptors (Lipinski definition) is 4. The van der Waals surface area contributed by atoms with Crippen LogP contribution in [0, 0.1) is 0 Å². The van der Waals surface area contributed by atoms with Crippen LogP contribution in [0.25, 0.3) is 21.8 Å². The third-order valence-electron chi connectivity index (χ3n) is 3.93. The third-order valence-corrected chi connectivity index (χ3v) is 5.07. The fourth-order valence-corrected chi connectivity index (χ4v) is 3.56. The lowest BCUT2D eigenvalue weighted by molar-refractivity contribution is 0.262. The highest BCUT2D eigenvalue weighted by molar-refractivity contribution is 7.13. The van der Waals surface area contributed by atoms with Gasteiger partial charge in [-0.1, -0.05) is 23.7 Å². The number of aromatic nitrogens is 2. The fourth-order valence-electron chi connectivity index (χ4n) is 2.61. The van der Waals surface area contributed by atoms with Crippen molar-refractivity contribution in [2.45, 2.75) is 0 Å². The van der Waals surface area contributed by atoms with Gasteiger partial charge in [0, 0.05) is 45.3 Å². The molecule has 28 heavy (non-hydrogen) atoms. The molecule has 0 unspecified atom stereocenters. The fraction of sp³-hybridized carbons (Fsp3) is 0. The maximum atomic E-state index is 12.2. The highest BCUT2D eigenvalue weighted by atomic mass is 35.5. The smallest absolute Gasteiger partial charge is 0.308 e. The normalized spacial score (nSPS) is 10.5. The van der Waals surface area contributed by atoms with Gasteiger partial charge in [-0.2, -0.15) is 0 Å².